The highest BCUT2D eigenvalue weighted by atomic mass is 19.2. The van der Waals surface area contributed by atoms with Crippen LogP contribution in [-0.2, 0) is 25.5 Å². The number of hydroxylamine groups is 2. The minimum Gasteiger partial charge on any atom is -0.488 e. The summed E-state index contributed by atoms with van der Waals surface area (Å²) in [5.74, 6) is -5.22. The maximum Gasteiger partial charge on any atom is 0.336 e. The summed E-state index contributed by atoms with van der Waals surface area (Å²) >= 11 is 0. The van der Waals surface area contributed by atoms with Gasteiger partial charge in [0, 0.05) is 37.6 Å². The monoisotopic (exact) mass is 746 g/mol. The molecule has 13 heteroatoms. The third-order valence-electron chi connectivity index (χ3n) is 11.1. The fraction of sp³-hybridized carbons (Fsp3) is 0.439. The molecule has 2 amide bonds. The van der Waals surface area contributed by atoms with E-state index in [1.807, 2.05) is 55.5 Å². The van der Waals surface area contributed by atoms with Crippen molar-refractivity contribution in [3.63, 3.8) is 0 Å². The molecule has 3 N–H and O–H groups in total. The molecule has 3 fully saturated rings. The Kier molecular flexibility index (Phi) is 11.1. The molecule has 3 aromatic rings. The molecule has 2 saturated heterocycles. The van der Waals surface area contributed by atoms with Crippen LogP contribution in [0.1, 0.15) is 66.7 Å². The number of fused-ring (bicyclic) bond motifs is 2. The van der Waals surface area contributed by atoms with E-state index in [2.05, 4.69) is 10.6 Å². The fourth-order valence-electron chi connectivity index (χ4n) is 8.15. The second-order valence-corrected chi connectivity index (χ2v) is 14.9. The van der Waals surface area contributed by atoms with Crippen LogP contribution >= 0.6 is 0 Å². The van der Waals surface area contributed by atoms with Gasteiger partial charge in [0.25, 0.3) is 0 Å². The number of aryl methyl sites for hydroxylation is 2. The molecule has 2 bridgehead atoms. The number of esters is 1. The first-order valence-electron chi connectivity index (χ1n) is 18.6. The molecule has 7 rings (SSSR count). The first-order chi connectivity index (χ1) is 26.1. The molecule has 3 aromatic carbocycles. The van der Waals surface area contributed by atoms with Gasteiger partial charge in [0.05, 0.1) is 18.2 Å². The molecule has 10 nitrogen and oxygen atoms in total. The lowest BCUT2D eigenvalue weighted by atomic mass is 9.67. The lowest BCUT2D eigenvalue weighted by Crippen LogP contribution is -2.72. The zero-order chi connectivity index (χ0) is 38.0. The van der Waals surface area contributed by atoms with E-state index in [0.29, 0.717) is 56.7 Å². The summed E-state index contributed by atoms with van der Waals surface area (Å²) in [5, 5.41) is 18.4. The van der Waals surface area contributed by atoms with Crippen molar-refractivity contribution >= 4 is 23.9 Å². The highest BCUT2D eigenvalue weighted by Gasteiger charge is 2.53. The maximum absolute atomic E-state index is 14.1. The van der Waals surface area contributed by atoms with Crippen LogP contribution in [-0.4, -0.2) is 90.0 Å². The summed E-state index contributed by atoms with van der Waals surface area (Å²) in [5.41, 5.74) is 4.16. The second kappa shape index (κ2) is 15.9. The number of nitrogens with zero attached hydrogens (tertiary/aromatic N) is 2. The molecule has 2 unspecified atom stereocenters. The largest absolute Gasteiger partial charge is 0.488 e. The Morgan fingerprint density at radius 2 is 1.78 bits per heavy atom. The van der Waals surface area contributed by atoms with Crippen molar-refractivity contribution < 1.29 is 42.2 Å². The maximum atomic E-state index is 14.1. The molecular weight excluding hydrogens is 701 g/mol. The zero-order valence-corrected chi connectivity index (χ0v) is 30.2. The number of rotatable bonds is 14. The van der Waals surface area contributed by atoms with E-state index in [-0.39, 0.29) is 44.2 Å². The minimum atomic E-state index is -1.36. The van der Waals surface area contributed by atoms with Crippen LogP contribution in [0.15, 0.2) is 66.2 Å². The molecule has 286 valence electrons. The number of piperazine rings is 1. The van der Waals surface area contributed by atoms with Gasteiger partial charge in [0.1, 0.15) is 12.1 Å². The molecule has 0 spiro atoms. The van der Waals surface area contributed by atoms with Crippen molar-refractivity contribution in [3.05, 3.63) is 106 Å². The molecule has 0 aromatic heterocycles. The van der Waals surface area contributed by atoms with Crippen molar-refractivity contribution in [2.45, 2.75) is 81.5 Å². The van der Waals surface area contributed by atoms with Gasteiger partial charge in [-0.05, 0) is 86.3 Å². The Bertz CT molecular complexity index is 1900. The fourth-order valence-corrected chi connectivity index (χ4v) is 8.15. The van der Waals surface area contributed by atoms with Crippen molar-refractivity contribution in [2.75, 3.05) is 32.8 Å². The highest BCUT2D eigenvalue weighted by molar-refractivity contribution is 6.00. The van der Waals surface area contributed by atoms with E-state index in [9.17, 15) is 32.8 Å². The number of benzene rings is 3. The molecule has 4 aliphatic rings. The normalized spacial score (nSPS) is 23.2. The molecule has 3 aliphatic heterocycles. The van der Waals surface area contributed by atoms with Crippen LogP contribution in [0.2, 0.25) is 0 Å². The Hall–Kier alpha value is -4.72. The predicted octanol–water partition coefficient (Wildman–Crippen LogP) is 5.21. The van der Waals surface area contributed by atoms with E-state index >= 15 is 0 Å². The van der Waals surface area contributed by atoms with Gasteiger partial charge >= 0.3 is 5.97 Å². The Balaban J connectivity index is 1.22. The van der Waals surface area contributed by atoms with Crippen molar-refractivity contribution in [1.29, 1.82) is 0 Å². The average molecular weight is 747 g/mol. The highest BCUT2D eigenvalue weighted by Crippen LogP contribution is 2.46. The van der Waals surface area contributed by atoms with Gasteiger partial charge < -0.3 is 24.9 Å². The van der Waals surface area contributed by atoms with Crippen LogP contribution in [0.3, 0.4) is 0 Å². The van der Waals surface area contributed by atoms with Crippen molar-refractivity contribution in [3.8, 4) is 5.75 Å². The molecule has 54 heavy (non-hydrogen) atoms. The SMILES string of the molecule is Cc1ccc(C(CNC=O)[C@@]23CC(c4ccc(CCCOc5c(F)ccc(F)c5F)cc4)=C(C(=O)OC4CC4)[C@H](CN(C(=O)C4CCCN4O)C2)N3)cc1. The average Bonchev–Trinajstić information content (AvgIpc) is 3.88. The first-order valence-corrected chi connectivity index (χ1v) is 18.6. The van der Waals surface area contributed by atoms with E-state index in [1.165, 1.54) is 0 Å². The standard InChI is InChI=1S/C41H45F3N4O6/c1-25-6-10-28(11-7-25)31(21-45-24-49)41-20-30(27-12-8-26(9-13-27)4-3-19-53-38-33(43)17-16-32(42)37(38)44)36(40(51)54-29-14-15-29)34(46-41)22-47(23-41)39(50)35-5-2-18-48(35)52/h6-13,16-17,24,29,31,34-35,46,52H,2-5,14-15,18-23H2,1H3,(H,45,49)/t31?,34-,35?,41+/m0/s1. The summed E-state index contributed by atoms with van der Waals surface area (Å²) in [7, 11) is 0. The summed E-state index contributed by atoms with van der Waals surface area (Å²) in [6, 6.07) is 16.1. The summed E-state index contributed by atoms with van der Waals surface area (Å²) < 4.78 is 52.8. The lowest BCUT2D eigenvalue weighted by Gasteiger charge is -2.55. The van der Waals surface area contributed by atoms with Gasteiger partial charge in [-0.15, -0.1) is 0 Å². The van der Waals surface area contributed by atoms with Crippen LogP contribution in [0, 0.1) is 24.4 Å². The van der Waals surface area contributed by atoms with E-state index < -0.39 is 46.8 Å². The number of carbonyl (C=O) groups is 3. The van der Waals surface area contributed by atoms with E-state index in [4.69, 9.17) is 9.47 Å². The molecule has 1 saturated carbocycles. The number of hydrogen-bond acceptors (Lipinski definition) is 8. The number of ether oxygens (including phenoxy) is 2. The molecule has 4 atom stereocenters. The third-order valence-corrected chi connectivity index (χ3v) is 11.1. The van der Waals surface area contributed by atoms with Crippen molar-refractivity contribution in [1.82, 2.24) is 20.6 Å². The van der Waals surface area contributed by atoms with Gasteiger partial charge in [-0.25, -0.2) is 13.6 Å². The van der Waals surface area contributed by atoms with Crippen molar-refractivity contribution in [2.24, 2.45) is 0 Å². The third kappa shape index (κ3) is 7.89. The van der Waals surface area contributed by atoms with Crippen LogP contribution in [0.25, 0.3) is 5.57 Å². The zero-order valence-electron chi connectivity index (χ0n) is 30.2. The molecule has 3 heterocycles. The number of amides is 2. The Morgan fingerprint density at radius 3 is 2.46 bits per heavy atom. The minimum absolute atomic E-state index is 0.0312. The molecule has 1 aliphatic carbocycles. The van der Waals surface area contributed by atoms with E-state index in [1.54, 1.807) is 4.90 Å². The summed E-state index contributed by atoms with van der Waals surface area (Å²) in [4.78, 5) is 41.7. The Labute approximate surface area is 312 Å². The molecule has 0 radical (unpaired) electrons. The molecular formula is C41H45F3N4O6. The number of carbonyl (C=O) groups excluding carboxylic acids is 3. The van der Waals surface area contributed by atoms with Crippen LogP contribution in [0.4, 0.5) is 13.2 Å². The number of halogens is 3. The van der Waals surface area contributed by atoms with Crippen LogP contribution < -0.4 is 15.4 Å². The topological polar surface area (TPSA) is 120 Å². The summed E-state index contributed by atoms with van der Waals surface area (Å²) in [6.07, 6.45) is 4.55. The number of hydrogen-bond donors (Lipinski definition) is 3. The Morgan fingerprint density at radius 1 is 1.04 bits per heavy atom. The predicted molar refractivity (Wildman–Crippen MR) is 193 cm³/mol. The van der Waals surface area contributed by atoms with Crippen LogP contribution in [0.5, 0.6) is 5.75 Å². The van der Waals surface area contributed by atoms with Gasteiger partial charge in [0.15, 0.2) is 17.4 Å². The van der Waals surface area contributed by atoms with E-state index in [0.717, 1.165) is 51.8 Å². The first kappa shape index (κ1) is 37.6. The van der Waals surface area contributed by atoms with Gasteiger partial charge in [0.2, 0.25) is 18.1 Å². The van der Waals surface area contributed by atoms with Gasteiger partial charge in [-0.2, -0.15) is 9.45 Å². The quantitative estimate of drug-likeness (QED) is 0.0891. The van der Waals surface area contributed by atoms with Gasteiger partial charge in [-0.1, -0.05) is 54.1 Å². The summed E-state index contributed by atoms with van der Waals surface area (Å²) in [6.45, 7) is 3.10. The smallest absolute Gasteiger partial charge is 0.336 e. The van der Waals surface area contributed by atoms with Gasteiger partial charge in [-0.3, -0.25) is 14.9 Å². The lowest BCUT2D eigenvalue weighted by molar-refractivity contribution is -0.158. The number of nitrogens with one attached hydrogen (secondary N) is 2. The second-order valence-electron chi connectivity index (χ2n) is 14.9.